The Morgan fingerprint density at radius 3 is 2.87 bits per heavy atom. The minimum atomic E-state index is -1.17. The Kier molecular flexibility index (Phi) is 3.96. The molecule has 1 aliphatic rings. The van der Waals surface area contributed by atoms with E-state index < -0.39 is 12.1 Å². The molecule has 0 atom stereocenters. The van der Waals surface area contributed by atoms with E-state index in [1.165, 1.54) is 18.2 Å². The smallest absolute Gasteiger partial charge is 0.415 e. The summed E-state index contributed by atoms with van der Waals surface area (Å²) < 4.78 is 9.98. The fourth-order valence-electron chi connectivity index (χ4n) is 2.13. The van der Waals surface area contributed by atoms with Gasteiger partial charge in [-0.1, -0.05) is 0 Å². The quantitative estimate of drug-likeness (QED) is 0.902. The van der Waals surface area contributed by atoms with Crippen LogP contribution >= 0.6 is 0 Å². The van der Waals surface area contributed by atoms with Gasteiger partial charge in [0.25, 0.3) is 0 Å². The summed E-state index contributed by atoms with van der Waals surface area (Å²) in [5.74, 6) is -0.141. The van der Waals surface area contributed by atoms with Crippen molar-refractivity contribution in [3.63, 3.8) is 0 Å². The zero-order valence-corrected chi connectivity index (χ0v) is 12.4. The first kappa shape index (κ1) is 15.0. The van der Waals surface area contributed by atoms with E-state index in [2.05, 4.69) is 9.97 Å². The molecule has 0 bridgehead atoms. The van der Waals surface area contributed by atoms with Crippen molar-refractivity contribution in [1.29, 1.82) is 0 Å². The summed E-state index contributed by atoms with van der Waals surface area (Å²) in [7, 11) is 1.32. The lowest BCUT2D eigenvalue weighted by atomic mass is 10.2. The molecule has 2 aromatic rings. The van der Waals surface area contributed by atoms with E-state index in [1.807, 2.05) is 0 Å². The van der Waals surface area contributed by atoms with Crippen LogP contribution in [0.4, 0.5) is 10.6 Å². The van der Waals surface area contributed by atoms with E-state index in [0.717, 1.165) is 19.1 Å². The Balaban J connectivity index is 1.90. The maximum absolute atomic E-state index is 12.0. The molecule has 1 fully saturated rings. The van der Waals surface area contributed by atoms with Crippen LogP contribution in [0.5, 0.6) is 0 Å². The van der Waals surface area contributed by atoms with Gasteiger partial charge in [0.1, 0.15) is 12.1 Å². The van der Waals surface area contributed by atoms with Gasteiger partial charge < -0.3 is 14.3 Å². The minimum absolute atomic E-state index is 0.155. The standard InChI is InChI=1S/C15H15N3O5/c1-22-15(21)18(7-9-2-3-9)12-6-10(4-5-16-12)13-17-11(8-23-13)14(19)20/h4-6,8-9H,2-3,7H2,1H3,(H,19,20). The van der Waals surface area contributed by atoms with Crippen molar-refractivity contribution in [1.82, 2.24) is 9.97 Å². The Hall–Kier alpha value is -2.90. The van der Waals surface area contributed by atoms with Crippen molar-refractivity contribution in [2.45, 2.75) is 12.8 Å². The highest BCUT2D eigenvalue weighted by Gasteiger charge is 2.29. The zero-order chi connectivity index (χ0) is 16.4. The highest BCUT2D eigenvalue weighted by molar-refractivity contribution is 5.87. The van der Waals surface area contributed by atoms with Gasteiger partial charge in [0.05, 0.1) is 7.11 Å². The second-order valence-electron chi connectivity index (χ2n) is 5.27. The number of carbonyl (C=O) groups is 2. The van der Waals surface area contributed by atoms with Crippen LogP contribution in [-0.2, 0) is 4.74 Å². The Morgan fingerprint density at radius 2 is 2.26 bits per heavy atom. The van der Waals surface area contributed by atoms with Gasteiger partial charge in [-0.3, -0.25) is 4.90 Å². The molecule has 3 rings (SSSR count). The van der Waals surface area contributed by atoms with Gasteiger partial charge in [-0.25, -0.2) is 19.6 Å². The molecule has 120 valence electrons. The molecule has 23 heavy (non-hydrogen) atoms. The largest absolute Gasteiger partial charge is 0.476 e. The maximum Gasteiger partial charge on any atom is 0.415 e. The summed E-state index contributed by atoms with van der Waals surface area (Å²) in [4.78, 5) is 32.4. The number of ether oxygens (including phenoxy) is 1. The van der Waals surface area contributed by atoms with Crippen molar-refractivity contribution in [2.24, 2.45) is 5.92 Å². The van der Waals surface area contributed by atoms with Crippen LogP contribution in [0.25, 0.3) is 11.5 Å². The number of oxazole rings is 1. The number of aromatic carboxylic acids is 1. The van der Waals surface area contributed by atoms with Gasteiger partial charge in [-0.15, -0.1) is 0 Å². The number of carboxylic acid groups (broad SMARTS) is 1. The predicted octanol–water partition coefficient (Wildman–Crippen LogP) is 2.42. The second-order valence-corrected chi connectivity index (χ2v) is 5.27. The minimum Gasteiger partial charge on any atom is -0.476 e. The molecule has 0 aromatic carbocycles. The molecule has 0 saturated heterocycles. The summed E-state index contributed by atoms with van der Waals surface area (Å²) in [6, 6.07) is 3.25. The van der Waals surface area contributed by atoms with Gasteiger partial charge >= 0.3 is 12.1 Å². The number of amides is 1. The highest BCUT2D eigenvalue weighted by atomic mass is 16.5. The number of aromatic nitrogens is 2. The Morgan fingerprint density at radius 1 is 1.48 bits per heavy atom. The van der Waals surface area contributed by atoms with E-state index in [1.54, 1.807) is 12.1 Å². The highest BCUT2D eigenvalue weighted by Crippen LogP contribution is 2.32. The van der Waals surface area contributed by atoms with Gasteiger partial charge in [0.2, 0.25) is 5.89 Å². The molecule has 8 heteroatoms. The molecule has 8 nitrogen and oxygen atoms in total. The predicted molar refractivity (Wildman–Crippen MR) is 79.2 cm³/mol. The molecule has 1 N–H and O–H groups in total. The topological polar surface area (TPSA) is 106 Å². The lowest BCUT2D eigenvalue weighted by Gasteiger charge is -2.20. The van der Waals surface area contributed by atoms with Crippen molar-refractivity contribution >= 4 is 17.9 Å². The third-order valence-electron chi connectivity index (χ3n) is 3.53. The molecule has 2 aromatic heterocycles. The molecule has 0 aliphatic heterocycles. The summed E-state index contributed by atoms with van der Waals surface area (Å²) >= 11 is 0. The lowest BCUT2D eigenvalue weighted by Crippen LogP contribution is -2.33. The monoisotopic (exact) mass is 317 g/mol. The number of carboxylic acids is 1. The van der Waals surface area contributed by atoms with Crippen LogP contribution in [0, 0.1) is 5.92 Å². The number of pyridine rings is 1. The Bertz CT molecular complexity index is 738. The number of rotatable bonds is 5. The van der Waals surface area contributed by atoms with Gasteiger partial charge in [-0.2, -0.15) is 0 Å². The molecule has 1 aliphatic carbocycles. The van der Waals surface area contributed by atoms with E-state index in [-0.39, 0.29) is 11.6 Å². The summed E-state index contributed by atoms with van der Waals surface area (Å²) in [6.45, 7) is 0.537. The molecule has 1 amide bonds. The molecule has 1 saturated carbocycles. The SMILES string of the molecule is COC(=O)N(CC1CC1)c1cc(-c2nc(C(=O)O)co2)ccn1. The van der Waals surface area contributed by atoms with Crippen molar-refractivity contribution < 1.29 is 23.8 Å². The fraction of sp³-hybridized carbons (Fsp3) is 0.333. The summed E-state index contributed by atoms with van der Waals surface area (Å²) in [6.07, 6.45) is 4.25. The van der Waals surface area contributed by atoms with Crippen LogP contribution in [0.1, 0.15) is 23.3 Å². The number of hydrogen-bond donors (Lipinski definition) is 1. The van der Waals surface area contributed by atoms with Crippen LogP contribution < -0.4 is 4.90 Å². The first-order chi connectivity index (χ1) is 11.1. The summed E-state index contributed by atoms with van der Waals surface area (Å²) in [5.41, 5.74) is 0.355. The maximum atomic E-state index is 12.0. The first-order valence-corrected chi connectivity index (χ1v) is 7.09. The Labute approximate surface area is 131 Å². The number of carbonyl (C=O) groups excluding carboxylic acids is 1. The van der Waals surface area contributed by atoms with Crippen LogP contribution in [0.2, 0.25) is 0 Å². The van der Waals surface area contributed by atoms with Gasteiger partial charge in [0.15, 0.2) is 5.69 Å². The van der Waals surface area contributed by atoms with E-state index in [0.29, 0.717) is 23.8 Å². The molecule has 0 spiro atoms. The molecule has 2 heterocycles. The molecule has 0 unspecified atom stereocenters. The third-order valence-corrected chi connectivity index (χ3v) is 3.53. The lowest BCUT2D eigenvalue weighted by molar-refractivity contribution is 0.0690. The third kappa shape index (κ3) is 3.31. The van der Waals surface area contributed by atoms with E-state index >= 15 is 0 Å². The molecule has 0 radical (unpaired) electrons. The van der Waals surface area contributed by atoms with Gasteiger partial charge in [0, 0.05) is 18.3 Å². The van der Waals surface area contributed by atoms with E-state index in [4.69, 9.17) is 14.3 Å². The molecular weight excluding hydrogens is 302 g/mol. The number of methoxy groups -OCH3 is 1. The molecular formula is C15H15N3O5. The van der Waals surface area contributed by atoms with Gasteiger partial charge in [-0.05, 0) is 30.9 Å². The second kappa shape index (κ2) is 6.07. The van der Waals surface area contributed by atoms with Crippen LogP contribution in [0.3, 0.4) is 0 Å². The average molecular weight is 317 g/mol. The summed E-state index contributed by atoms with van der Waals surface area (Å²) in [5, 5.41) is 8.89. The van der Waals surface area contributed by atoms with E-state index in [9.17, 15) is 9.59 Å². The van der Waals surface area contributed by atoms with Crippen molar-refractivity contribution in [3.05, 3.63) is 30.3 Å². The van der Waals surface area contributed by atoms with Crippen LogP contribution in [-0.4, -0.2) is 40.8 Å². The fourth-order valence-corrected chi connectivity index (χ4v) is 2.13. The van der Waals surface area contributed by atoms with Crippen LogP contribution in [0.15, 0.2) is 29.0 Å². The van der Waals surface area contributed by atoms with Crippen molar-refractivity contribution in [3.8, 4) is 11.5 Å². The number of hydrogen-bond acceptors (Lipinski definition) is 6. The average Bonchev–Trinajstić information content (AvgIpc) is 3.24. The number of anilines is 1. The first-order valence-electron chi connectivity index (χ1n) is 7.09. The van der Waals surface area contributed by atoms with Crippen molar-refractivity contribution in [2.75, 3.05) is 18.6 Å². The zero-order valence-electron chi connectivity index (χ0n) is 12.4. The normalized spacial score (nSPS) is 13.6. The number of nitrogens with zero attached hydrogens (tertiary/aromatic N) is 3.